The summed E-state index contributed by atoms with van der Waals surface area (Å²) in [5.74, 6) is -0.841. The van der Waals surface area contributed by atoms with Gasteiger partial charge in [0.1, 0.15) is 5.69 Å². The molecule has 0 aliphatic carbocycles. The van der Waals surface area contributed by atoms with E-state index in [0.717, 1.165) is 10.5 Å². The van der Waals surface area contributed by atoms with Crippen LogP contribution in [0.15, 0.2) is 71.8 Å². The van der Waals surface area contributed by atoms with E-state index < -0.39 is 21.8 Å². The van der Waals surface area contributed by atoms with E-state index in [1.54, 1.807) is 24.3 Å². The molecule has 3 heterocycles. The minimum Gasteiger partial charge on any atom is -0.268 e. The molecule has 2 aromatic carbocycles. The van der Waals surface area contributed by atoms with Crippen LogP contribution in [-0.2, 0) is 23.0 Å². The van der Waals surface area contributed by atoms with Gasteiger partial charge in [-0.15, -0.1) is 0 Å². The van der Waals surface area contributed by atoms with Crippen LogP contribution >= 0.6 is 0 Å². The first-order valence-corrected chi connectivity index (χ1v) is 11.3. The number of pyridine rings is 1. The van der Waals surface area contributed by atoms with Gasteiger partial charge in [-0.25, -0.2) is 8.42 Å². The summed E-state index contributed by atoms with van der Waals surface area (Å²) in [6.07, 6.45) is 2.14. The lowest BCUT2D eigenvalue weighted by Crippen LogP contribution is -2.35. The predicted octanol–water partition coefficient (Wildman–Crippen LogP) is 3.02. The molecule has 0 fully saturated rings. The first-order chi connectivity index (χ1) is 14.9. The van der Waals surface area contributed by atoms with E-state index in [2.05, 4.69) is 4.98 Å². The molecule has 0 bridgehead atoms. The number of nitrogens with zero attached hydrogens (tertiary/aromatic N) is 3. The lowest BCUT2D eigenvalue weighted by molar-refractivity contribution is 0.0640. The molecule has 2 aliphatic heterocycles. The number of imide groups is 1. The van der Waals surface area contributed by atoms with Gasteiger partial charge in [-0.3, -0.25) is 23.8 Å². The molecular weight excluding hydrogens is 414 g/mol. The minimum atomic E-state index is -3.73. The smallest absolute Gasteiger partial charge is 0.268 e. The van der Waals surface area contributed by atoms with Crippen molar-refractivity contribution in [2.75, 3.05) is 4.31 Å². The summed E-state index contributed by atoms with van der Waals surface area (Å²) in [4.78, 5) is 30.3. The maximum atomic E-state index is 13.3. The average molecular weight is 433 g/mol. The number of aromatic nitrogens is 1. The third kappa shape index (κ3) is 3.02. The highest BCUT2D eigenvalue weighted by Crippen LogP contribution is 2.36. The monoisotopic (exact) mass is 433 g/mol. The Morgan fingerprint density at radius 1 is 0.968 bits per heavy atom. The van der Waals surface area contributed by atoms with E-state index >= 15 is 0 Å². The second-order valence-electron chi connectivity index (χ2n) is 7.72. The Morgan fingerprint density at radius 2 is 1.71 bits per heavy atom. The second kappa shape index (κ2) is 7.02. The maximum Gasteiger partial charge on any atom is 0.280 e. The number of hydrogen-bond acceptors (Lipinski definition) is 5. The van der Waals surface area contributed by atoms with Crippen LogP contribution in [0, 0.1) is 0 Å². The normalized spacial score (nSPS) is 17.8. The molecule has 1 aromatic heterocycles. The van der Waals surface area contributed by atoms with Crippen LogP contribution in [0.4, 0.5) is 5.69 Å². The zero-order valence-electron chi connectivity index (χ0n) is 16.7. The number of carbonyl (C=O) groups excluding carboxylic acids is 2. The van der Waals surface area contributed by atoms with Gasteiger partial charge in [0.05, 0.1) is 22.7 Å². The first kappa shape index (κ1) is 19.4. The molecule has 7 nitrogen and oxygen atoms in total. The number of para-hydroxylation sites is 1. The van der Waals surface area contributed by atoms with Crippen LogP contribution in [0.2, 0.25) is 0 Å². The molecule has 0 unspecified atom stereocenters. The van der Waals surface area contributed by atoms with Crippen LogP contribution in [0.3, 0.4) is 0 Å². The van der Waals surface area contributed by atoms with E-state index in [1.165, 1.54) is 22.6 Å². The van der Waals surface area contributed by atoms with Crippen molar-refractivity contribution in [2.24, 2.45) is 0 Å². The highest BCUT2D eigenvalue weighted by molar-refractivity contribution is 7.92. The van der Waals surface area contributed by atoms with E-state index in [1.807, 2.05) is 31.2 Å². The van der Waals surface area contributed by atoms with Crippen molar-refractivity contribution in [2.45, 2.75) is 30.8 Å². The van der Waals surface area contributed by atoms with Gasteiger partial charge in [0.2, 0.25) is 0 Å². The summed E-state index contributed by atoms with van der Waals surface area (Å²) in [6.45, 7) is 1.94. The van der Waals surface area contributed by atoms with Crippen molar-refractivity contribution < 1.29 is 18.0 Å². The molecule has 0 radical (unpaired) electrons. The molecule has 2 aliphatic rings. The Balaban J connectivity index is 1.40. The van der Waals surface area contributed by atoms with E-state index in [-0.39, 0.29) is 28.7 Å². The Kier molecular flexibility index (Phi) is 4.40. The van der Waals surface area contributed by atoms with Crippen LogP contribution < -0.4 is 4.31 Å². The van der Waals surface area contributed by atoms with Crippen molar-refractivity contribution in [3.63, 3.8) is 0 Å². The topological polar surface area (TPSA) is 87.7 Å². The minimum absolute atomic E-state index is 0.0529. The van der Waals surface area contributed by atoms with Crippen molar-refractivity contribution in [3.8, 4) is 0 Å². The van der Waals surface area contributed by atoms with Gasteiger partial charge < -0.3 is 0 Å². The Morgan fingerprint density at radius 3 is 2.45 bits per heavy atom. The molecule has 2 amide bonds. The zero-order chi connectivity index (χ0) is 21.8. The van der Waals surface area contributed by atoms with Crippen LogP contribution in [0.5, 0.6) is 0 Å². The summed E-state index contributed by atoms with van der Waals surface area (Å²) in [5.41, 5.74) is 2.80. The highest BCUT2D eigenvalue weighted by Gasteiger charge is 2.37. The summed E-state index contributed by atoms with van der Waals surface area (Å²) in [5, 5.41) is 0. The zero-order valence-corrected chi connectivity index (χ0v) is 17.5. The van der Waals surface area contributed by atoms with Gasteiger partial charge in [0.15, 0.2) is 0 Å². The number of benzene rings is 2. The van der Waals surface area contributed by atoms with Crippen molar-refractivity contribution in [1.82, 2.24) is 9.88 Å². The number of amides is 2. The highest BCUT2D eigenvalue weighted by atomic mass is 32.2. The van der Waals surface area contributed by atoms with Crippen LogP contribution in [0.25, 0.3) is 0 Å². The number of fused-ring (bicyclic) bond motifs is 2. The Labute approximate surface area is 180 Å². The fourth-order valence-electron chi connectivity index (χ4n) is 4.22. The molecule has 0 spiro atoms. The third-order valence-electron chi connectivity index (χ3n) is 5.70. The average Bonchev–Trinajstić information content (AvgIpc) is 3.24. The molecule has 0 saturated carbocycles. The molecule has 0 N–H and O–H groups in total. The van der Waals surface area contributed by atoms with Crippen molar-refractivity contribution in [1.29, 1.82) is 0 Å². The standard InChI is InChI=1S/C23H19N3O4S/c1-15-13-17-5-2-3-7-20(17)26(15)31(29,30)18-10-8-16(9-11-18)14-25-22(27)19-6-4-12-24-21(19)23(25)28/h2-12,15H,13-14H2,1H3/t15-/m0/s1. The quantitative estimate of drug-likeness (QED) is 0.590. The van der Waals surface area contributed by atoms with E-state index in [4.69, 9.17) is 0 Å². The predicted molar refractivity (Wildman–Crippen MR) is 114 cm³/mol. The fourth-order valence-corrected chi connectivity index (χ4v) is 5.92. The summed E-state index contributed by atoms with van der Waals surface area (Å²) >= 11 is 0. The summed E-state index contributed by atoms with van der Waals surface area (Å²) in [6, 6.07) is 16.8. The molecule has 3 aromatic rings. The largest absolute Gasteiger partial charge is 0.280 e. The van der Waals surface area contributed by atoms with Gasteiger partial charge >= 0.3 is 0 Å². The number of anilines is 1. The summed E-state index contributed by atoms with van der Waals surface area (Å²) in [7, 11) is -3.73. The van der Waals surface area contributed by atoms with Crippen molar-refractivity contribution in [3.05, 3.63) is 89.2 Å². The molecule has 5 rings (SSSR count). The fraction of sp³-hybridized carbons (Fsp3) is 0.174. The van der Waals surface area contributed by atoms with Crippen molar-refractivity contribution >= 4 is 27.5 Å². The van der Waals surface area contributed by atoms with Gasteiger partial charge in [0, 0.05) is 12.2 Å². The Bertz CT molecular complexity index is 1280. The number of rotatable bonds is 4. The van der Waals surface area contributed by atoms with Gasteiger partial charge in [-0.1, -0.05) is 30.3 Å². The van der Waals surface area contributed by atoms with E-state index in [0.29, 0.717) is 17.7 Å². The molecule has 31 heavy (non-hydrogen) atoms. The third-order valence-corrected chi connectivity index (χ3v) is 7.64. The van der Waals surface area contributed by atoms with Crippen LogP contribution in [0.1, 0.15) is 38.9 Å². The molecule has 0 saturated heterocycles. The second-order valence-corrected chi connectivity index (χ2v) is 9.54. The number of carbonyl (C=O) groups is 2. The van der Waals surface area contributed by atoms with Gasteiger partial charge in [0.25, 0.3) is 21.8 Å². The van der Waals surface area contributed by atoms with Gasteiger partial charge in [-0.05, 0) is 54.8 Å². The molecular formula is C23H19N3O4S. The van der Waals surface area contributed by atoms with Gasteiger partial charge in [-0.2, -0.15) is 0 Å². The first-order valence-electron chi connectivity index (χ1n) is 9.90. The van der Waals surface area contributed by atoms with E-state index in [9.17, 15) is 18.0 Å². The van der Waals surface area contributed by atoms with Crippen LogP contribution in [-0.4, -0.2) is 36.2 Å². The number of sulfonamides is 1. The molecule has 1 atom stereocenters. The maximum absolute atomic E-state index is 13.3. The lowest BCUT2D eigenvalue weighted by atomic mass is 10.1. The Hall–Kier alpha value is -3.52. The number of hydrogen-bond donors (Lipinski definition) is 0. The molecule has 156 valence electrons. The SMILES string of the molecule is C[C@H]1Cc2ccccc2N1S(=O)(=O)c1ccc(CN2C(=O)c3cccnc3C2=O)cc1. The molecule has 8 heteroatoms. The summed E-state index contributed by atoms with van der Waals surface area (Å²) < 4.78 is 28.1. The lowest BCUT2D eigenvalue weighted by Gasteiger charge is -2.24.